The molecule has 0 aliphatic rings. The summed E-state index contributed by atoms with van der Waals surface area (Å²) >= 11 is 0. The van der Waals surface area contributed by atoms with E-state index in [0.29, 0.717) is 0 Å². The van der Waals surface area contributed by atoms with Gasteiger partial charge in [0, 0.05) is 12.6 Å². The van der Waals surface area contributed by atoms with E-state index in [9.17, 15) is 4.79 Å². The van der Waals surface area contributed by atoms with E-state index in [1.807, 2.05) is 0 Å². The molecule has 1 amide bonds. The second-order valence-corrected chi connectivity index (χ2v) is 5.38. The van der Waals surface area contributed by atoms with Crippen LogP contribution in [0.4, 0.5) is 0 Å². The highest BCUT2D eigenvalue weighted by molar-refractivity contribution is 5.81. The van der Waals surface area contributed by atoms with Crippen molar-refractivity contribution in [2.45, 2.75) is 65.5 Å². The minimum Gasteiger partial charge on any atom is -0.290 e. The maximum atomic E-state index is 12.0. The van der Waals surface area contributed by atoms with Gasteiger partial charge in [0.2, 0.25) is 0 Å². The molecule has 0 aliphatic heterocycles. The summed E-state index contributed by atoms with van der Waals surface area (Å²) in [6.07, 6.45) is 3.10. The van der Waals surface area contributed by atoms with Crippen molar-refractivity contribution in [1.29, 1.82) is 0 Å². The van der Waals surface area contributed by atoms with Crippen molar-refractivity contribution in [1.82, 2.24) is 15.8 Å². The van der Waals surface area contributed by atoms with Crippen LogP contribution in [0.3, 0.4) is 0 Å². The molecule has 4 nitrogen and oxygen atoms in total. The normalized spacial score (nSPS) is 13.8. The summed E-state index contributed by atoms with van der Waals surface area (Å²) in [6, 6.07) is -0.0611. The van der Waals surface area contributed by atoms with Crippen molar-refractivity contribution in [3.8, 4) is 0 Å². The van der Waals surface area contributed by atoms with E-state index >= 15 is 0 Å². The summed E-state index contributed by atoms with van der Waals surface area (Å²) in [5, 5.41) is 0. The van der Waals surface area contributed by atoms with Crippen LogP contribution in [0.5, 0.6) is 0 Å². The van der Waals surface area contributed by atoms with Gasteiger partial charge in [-0.2, -0.15) is 0 Å². The van der Waals surface area contributed by atoms with Crippen molar-refractivity contribution in [2.24, 2.45) is 0 Å². The fraction of sp³-hybridized carbons (Fsp3) is 0.923. The monoisotopic (exact) mass is 243 g/mol. The molecule has 102 valence electrons. The van der Waals surface area contributed by atoms with Crippen LogP contribution >= 0.6 is 0 Å². The predicted molar refractivity (Wildman–Crippen MR) is 72.6 cm³/mol. The molecule has 0 spiro atoms. The molecule has 0 aromatic rings. The molecule has 0 bridgehead atoms. The summed E-state index contributed by atoms with van der Waals surface area (Å²) in [6.45, 7) is 11.7. The predicted octanol–water partition coefficient (Wildman–Crippen LogP) is 1.92. The number of unbranched alkanes of at least 4 members (excludes halogenated alkanes) is 1. The van der Waals surface area contributed by atoms with Gasteiger partial charge in [0.05, 0.1) is 6.04 Å². The zero-order valence-electron chi connectivity index (χ0n) is 12.3. The van der Waals surface area contributed by atoms with Crippen molar-refractivity contribution >= 4 is 5.91 Å². The van der Waals surface area contributed by atoms with Gasteiger partial charge in [-0.25, -0.2) is 5.43 Å². The molecule has 17 heavy (non-hydrogen) atoms. The number of carbonyl (C=O) groups is 1. The highest BCUT2D eigenvalue weighted by atomic mass is 16.2. The first kappa shape index (κ1) is 16.4. The van der Waals surface area contributed by atoms with Crippen LogP contribution in [0.15, 0.2) is 0 Å². The Morgan fingerprint density at radius 1 is 1.29 bits per heavy atom. The molecule has 0 saturated heterocycles. The van der Waals surface area contributed by atoms with Crippen molar-refractivity contribution < 1.29 is 4.79 Å². The van der Waals surface area contributed by atoms with Crippen LogP contribution in [-0.2, 0) is 4.79 Å². The van der Waals surface area contributed by atoms with Gasteiger partial charge in [0.1, 0.15) is 0 Å². The summed E-state index contributed by atoms with van der Waals surface area (Å²) in [5.74, 6) is 0.0565. The summed E-state index contributed by atoms with van der Waals surface area (Å²) < 4.78 is 0. The van der Waals surface area contributed by atoms with Gasteiger partial charge in [0.15, 0.2) is 0 Å². The quantitative estimate of drug-likeness (QED) is 0.671. The molecular formula is C13H29N3O. The van der Waals surface area contributed by atoms with Crippen molar-refractivity contribution in [3.05, 3.63) is 0 Å². The average Bonchev–Trinajstić information content (AvgIpc) is 2.22. The third-order valence-electron chi connectivity index (χ3n) is 2.93. The molecule has 0 fully saturated rings. The van der Waals surface area contributed by atoms with Gasteiger partial charge < -0.3 is 0 Å². The van der Waals surface area contributed by atoms with Crippen LogP contribution in [0.1, 0.15) is 53.9 Å². The maximum absolute atomic E-state index is 12.0. The third-order valence-corrected chi connectivity index (χ3v) is 2.93. The number of hydrazine groups is 1. The molecule has 2 N–H and O–H groups in total. The summed E-state index contributed by atoms with van der Waals surface area (Å²) in [5.41, 5.74) is 5.43. The molecule has 0 rings (SSSR count). The molecule has 0 saturated carbocycles. The number of carbonyl (C=O) groups excluding carboxylic acids is 1. The van der Waals surface area contributed by atoms with Crippen LogP contribution in [0.2, 0.25) is 0 Å². The fourth-order valence-electron chi connectivity index (χ4n) is 2.04. The first-order chi connectivity index (χ1) is 7.88. The molecule has 0 aliphatic carbocycles. The highest BCUT2D eigenvalue weighted by Crippen LogP contribution is 2.20. The molecule has 1 atom stereocenters. The Labute approximate surface area is 106 Å². The summed E-state index contributed by atoms with van der Waals surface area (Å²) in [4.78, 5) is 14.3. The zero-order valence-corrected chi connectivity index (χ0v) is 12.3. The van der Waals surface area contributed by atoms with Gasteiger partial charge in [-0.3, -0.25) is 15.1 Å². The van der Waals surface area contributed by atoms with E-state index in [1.54, 1.807) is 7.05 Å². The lowest BCUT2D eigenvalue weighted by atomic mass is 10.00. The number of rotatable bonds is 7. The van der Waals surface area contributed by atoms with Crippen LogP contribution in [-0.4, -0.2) is 36.0 Å². The lowest BCUT2D eigenvalue weighted by molar-refractivity contribution is -0.129. The van der Waals surface area contributed by atoms with Gasteiger partial charge in [-0.05, 0) is 40.2 Å². The van der Waals surface area contributed by atoms with Crippen LogP contribution in [0.25, 0.3) is 0 Å². The highest BCUT2D eigenvalue weighted by Gasteiger charge is 2.31. The minimum absolute atomic E-state index is 0.0148. The van der Waals surface area contributed by atoms with Crippen LogP contribution < -0.4 is 10.9 Å². The minimum atomic E-state index is -0.0611. The SMILES string of the molecule is CCCCN(C(CC)C(=O)NNC)C(C)(C)C. The van der Waals surface area contributed by atoms with Crippen LogP contribution in [0, 0.1) is 0 Å². The van der Waals surface area contributed by atoms with Gasteiger partial charge in [-0.1, -0.05) is 20.3 Å². The fourth-order valence-corrected chi connectivity index (χ4v) is 2.04. The van der Waals surface area contributed by atoms with E-state index < -0.39 is 0 Å². The maximum Gasteiger partial charge on any atom is 0.251 e. The first-order valence-corrected chi connectivity index (χ1v) is 6.61. The second kappa shape index (κ2) is 7.67. The van der Waals surface area contributed by atoms with Crippen molar-refractivity contribution in [3.63, 3.8) is 0 Å². The molecule has 0 heterocycles. The Bertz CT molecular complexity index is 223. The van der Waals surface area contributed by atoms with E-state index in [1.165, 1.54) is 0 Å². The van der Waals surface area contributed by atoms with E-state index in [4.69, 9.17) is 0 Å². The number of hydrogen-bond donors (Lipinski definition) is 2. The van der Waals surface area contributed by atoms with E-state index in [-0.39, 0.29) is 17.5 Å². The average molecular weight is 243 g/mol. The Kier molecular flexibility index (Phi) is 7.39. The number of amides is 1. The van der Waals surface area contributed by atoms with E-state index in [0.717, 1.165) is 25.8 Å². The lowest BCUT2D eigenvalue weighted by Gasteiger charge is -2.40. The molecule has 0 aromatic carbocycles. The first-order valence-electron chi connectivity index (χ1n) is 6.61. The van der Waals surface area contributed by atoms with Gasteiger partial charge >= 0.3 is 0 Å². The van der Waals surface area contributed by atoms with E-state index in [2.05, 4.69) is 50.4 Å². The smallest absolute Gasteiger partial charge is 0.251 e. The van der Waals surface area contributed by atoms with Gasteiger partial charge in [-0.15, -0.1) is 0 Å². The lowest BCUT2D eigenvalue weighted by Crippen LogP contribution is -2.56. The Morgan fingerprint density at radius 2 is 1.88 bits per heavy atom. The number of nitrogens with one attached hydrogen (secondary N) is 2. The van der Waals surface area contributed by atoms with Gasteiger partial charge in [0.25, 0.3) is 5.91 Å². The molecule has 0 radical (unpaired) electrons. The third kappa shape index (κ3) is 5.50. The topological polar surface area (TPSA) is 44.4 Å². The largest absolute Gasteiger partial charge is 0.290 e. The van der Waals surface area contributed by atoms with Crippen molar-refractivity contribution in [2.75, 3.05) is 13.6 Å². The number of nitrogens with zero attached hydrogens (tertiary/aromatic N) is 1. The Balaban J connectivity index is 4.78. The molecule has 1 unspecified atom stereocenters. The second-order valence-electron chi connectivity index (χ2n) is 5.38. The molecular weight excluding hydrogens is 214 g/mol. The summed E-state index contributed by atoms with van der Waals surface area (Å²) in [7, 11) is 1.72. The molecule has 4 heteroatoms. The Morgan fingerprint density at radius 3 is 2.24 bits per heavy atom. The molecule has 0 aromatic heterocycles. The Hall–Kier alpha value is -0.610. The number of hydrogen-bond acceptors (Lipinski definition) is 3. The standard InChI is InChI=1S/C13H29N3O/c1-7-9-10-16(13(3,4)5)11(8-2)12(17)15-14-6/h11,14H,7-10H2,1-6H3,(H,15,17). The zero-order chi connectivity index (χ0) is 13.5.